The van der Waals surface area contributed by atoms with Gasteiger partial charge >= 0.3 is 0 Å². The van der Waals surface area contributed by atoms with E-state index in [1.807, 2.05) is 0 Å². The lowest BCUT2D eigenvalue weighted by Gasteiger charge is -2.34. The summed E-state index contributed by atoms with van der Waals surface area (Å²) in [7, 11) is 0. The van der Waals surface area contributed by atoms with Gasteiger partial charge in [0, 0.05) is 6.54 Å². The first-order chi connectivity index (χ1) is 6.04. The molecule has 0 aromatic heterocycles. The van der Waals surface area contributed by atoms with E-state index in [-0.39, 0.29) is 0 Å². The minimum atomic E-state index is 0.494. The highest BCUT2D eigenvalue weighted by Gasteiger charge is 2.27. The zero-order chi connectivity index (χ0) is 9.90. The molecular weight excluding hydrogens is 158 g/mol. The van der Waals surface area contributed by atoms with Gasteiger partial charge in [-0.1, -0.05) is 32.4 Å². The lowest BCUT2D eigenvalue weighted by atomic mass is 9.71. The van der Waals surface area contributed by atoms with E-state index < -0.39 is 0 Å². The Hall–Kier alpha value is -0.300. The average molecular weight is 181 g/mol. The van der Waals surface area contributed by atoms with E-state index in [9.17, 15) is 0 Å². The Labute approximate surface area is 82.4 Å². The Morgan fingerprint density at radius 1 is 1.31 bits per heavy atom. The summed E-state index contributed by atoms with van der Waals surface area (Å²) in [6.45, 7) is 7.79. The third kappa shape index (κ3) is 3.15. The summed E-state index contributed by atoms with van der Waals surface area (Å²) < 4.78 is 0. The van der Waals surface area contributed by atoms with E-state index in [2.05, 4.69) is 26.8 Å². The fourth-order valence-electron chi connectivity index (χ4n) is 2.23. The van der Waals surface area contributed by atoms with Crippen molar-refractivity contribution in [1.29, 1.82) is 0 Å². The van der Waals surface area contributed by atoms with Crippen molar-refractivity contribution in [2.24, 2.45) is 17.1 Å². The third-order valence-electron chi connectivity index (χ3n) is 3.26. The molecule has 0 aromatic carbocycles. The number of hydrogen-bond acceptors (Lipinski definition) is 1. The lowest BCUT2D eigenvalue weighted by molar-refractivity contribution is 0.197. The van der Waals surface area contributed by atoms with Gasteiger partial charge in [-0.15, -0.1) is 0 Å². The largest absolute Gasteiger partial charge is 0.327 e. The highest BCUT2D eigenvalue weighted by atomic mass is 14.5. The standard InChI is InChI=1S/C12H23N/c1-12(2,3)11-6-4-10(5-7-11)8-9-13/h8,11H,4-7,9,13H2,1-3H3. The molecule has 0 atom stereocenters. The molecule has 0 bridgehead atoms. The van der Waals surface area contributed by atoms with Crippen molar-refractivity contribution in [2.45, 2.75) is 46.5 Å². The Bertz CT molecular complexity index is 176. The fourth-order valence-corrected chi connectivity index (χ4v) is 2.23. The smallest absolute Gasteiger partial charge is 0.0109 e. The van der Waals surface area contributed by atoms with E-state index in [4.69, 9.17) is 5.73 Å². The van der Waals surface area contributed by atoms with Gasteiger partial charge in [-0.2, -0.15) is 0 Å². The fraction of sp³-hybridized carbons (Fsp3) is 0.833. The monoisotopic (exact) mass is 181 g/mol. The quantitative estimate of drug-likeness (QED) is 0.618. The molecule has 1 nitrogen and oxygen atoms in total. The number of allylic oxidation sites excluding steroid dienone is 1. The van der Waals surface area contributed by atoms with Gasteiger partial charge in [-0.3, -0.25) is 0 Å². The Morgan fingerprint density at radius 3 is 2.23 bits per heavy atom. The summed E-state index contributed by atoms with van der Waals surface area (Å²) in [5.41, 5.74) is 7.58. The highest BCUT2D eigenvalue weighted by molar-refractivity contribution is 5.06. The Morgan fingerprint density at radius 2 is 1.85 bits per heavy atom. The molecule has 1 rings (SSSR count). The maximum atomic E-state index is 5.50. The van der Waals surface area contributed by atoms with Gasteiger partial charge in [-0.05, 0) is 37.0 Å². The van der Waals surface area contributed by atoms with Gasteiger partial charge in [0.2, 0.25) is 0 Å². The van der Waals surface area contributed by atoms with E-state index in [1.165, 1.54) is 25.7 Å². The van der Waals surface area contributed by atoms with Crippen LogP contribution in [0.4, 0.5) is 0 Å². The van der Waals surface area contributed by atoms with Gasteiger partial charge in [0.05, 0.1) is 0 Å². The van der Waals surface area contributed by atoms with Crippen molar-refractivity contribution < 1.29 is 0 Å². The molecule has 1 saturated carbocycles. The molecule has 0 aliphatic heterocycles. The molecular formula is C12H23N. The molecule has 0 amide bonds. The van der Waals surface area contributed by atoms with Crippen molar-refractivity contribution in [2.75, 3.05) is 6.54 Å². The Balaban J connectivity index is 2.44. The van der Waals surface area contributed by atoms with Crippen LogP contribution in [0, 0.1) is 11.3 Å². The second-order valence-corrected chi connectivity index (χ2v) is 5.24. The number of rotatable bonds is 1. The predicted molar refractivity (Wildman–Crippen MR) is 58.6 cm³/mol. The SMILES string of the molecule is CC(C)(C)C1CCC(=CCN)CC1. The zero-order valence-electron chi connectivity index (χ0n) is 9.27. The van der Waals surface area contributed by atoms with Crippen LogP contribution < -0.4 is 5.73 Å². The van der Waals surface area contributed by atoms with Crippen LogP contribution >= 0.6 is 0 Å². The maximum Gasteiger partial charge on any atom is 0.0109 e. The molecule has 1 fully saturated rings. The van der Waals surface area contributed by atoms with Crippen molar-refractivity contribution in [3.8, 4) is 0 Å². The normalized spacial score (nSPS) is 24.6. The third-order valence-corrected chi connectivity index (χ3v) is 3.26. The van der Waals surface area contributed by atoms with Gasteiger partial charge in [0.15, 0.2) is 0 Å². The molecule has 0 radical (unpaired) electrons. The van der Waals surface area contributed by atoms with E-state index in [0.717, 1.165) is 12.5 Å². The van der Waals surface area contributed by atoms with Crippen LogP contribution in [0.15, 0.2) is 11.6 Å². The summed E-state index contributed by atoms with van der Waals surface area (Å²) >= 11 is 0. The van der Waals surface area contributed by atoms with Crippen molar-refractivity contribution >= 4 is 0 Å². The van der Waals surface area contributed by atoms with Crippen LogP contribution in [-0.4, -0.2) is 6.54 Å². The number of hydrogen-bond donors (Lipinski definition) is 1. The molecule has 1 heteroatoms. The zero-order valence-corrected chi connectivity index (χ0v) is 9.27. The highest BCUT2D eigenvalue weighted by Crippen LogP contribution is 2.39. The van der Waals surface area contributed by atoms with Gasteiger partial charge in [0.25, 0.3) is 0 Å². The predicted octanol–water partition coefficient (Wildman–Crippen LogP) is 3.11. The van der Waals surface area contributed by atoms with Crippen molar-refractivity contribution in [1.82, 2.24) is 0 Å². The van der Waals surface area contributed by atoms with Crippen LogP contribution in [0.1, 0.15) is 46.5 Å². The molecule has 2 N–H and O–H groups in total. The van der Waals surface area contributed by atoms with Crippen LogP contribution in [0.5, 0.6) is 0 Å². The minimum absolute atomic E-state index is 0.494. The molecule has 1 aliphatic carbocycles. The van der Waals surface area contributed by atoms with E-state index in [1.54, 1.807) is 5.57 Å². The molecule has 0 spiro atoms. The second-order valence-electron chi connectivity index (χ2n) is 5.24. The molecule has 0 unspecified atom stereocenters. The molecule has 0 heterocycles. The van der Waals surface area contributed by atoms with E-state index in [0.29, 0.717) is 5.41 Å². The minimum Gasteiger partial charge on any atom is -0.327 e. The lowest BCUT2D eigenvalue weighted by Crippen LogP contribution is -2.23. The van der Waals surface area contributed by atoms with Gasteiger partial charge in [0.1, 0.15) is 0 Å². The Kier molecular flexibility index (Phi) is 3.55. The molecule has 13 heavy (non-hydrogen) atoms. The van der Waals surface area contributed by atoms with Crippen LogP contribution in [-0.2, 0) is 0 Å². The first kappa shape index (κ1) is 10.8. The van der Waals surface area contributed by atoms with Gasteiger partial charge < -0.3 is 5.73 Å². The first-order valence-electron chi connectivity index (χ1n) is 5.42. The van der Waals surface area contributed by atoms with E-state index >= 15 is 0 Å². The van der Waals surface area contributed by atoms with Gasteiger partial charge in [-0.25, -0.2) is 0 Å². The molecule has 1 aliphatic rings. The summed E-state index contributed by atoms with van der Waals surface area (Å²) in [6, 6.07) is 0. The maximum absolute atomic E-state index is 5.50. The molecule has 76 valence electrons. The summed E-state index contributed by atoms with van der Waals surface area (Å²) in [5, 5.41) is 0. The van der Waals surface area contributed by atoms with Crippen molar-refractivity contribution in [3.63, 3.8) is 0 Å². The molecule has 0 saturated heterocycles. The average Bonchev–Trinajstić information content (AvgIpc) is 2.04. The van der Waals surface area contributed by atoms with Crippen molar-refractivity contribution in [3.05, 3.63) is 11.6 Å². The summed E-state index contributed by atoms with van der Waals surface area (Å²) in [5.74, 6) is 0.905. The second kappa shape index (κ2) is 4.28. The number of nitrogens with two attached hydrogens (primary N) is 1. The summed E-state index contributed by atoms with van der Waals surface area (Å²) in [6.07, 6.45) is 7.47. The first-order valence-corrected chi connectivity index (χ1v) is 5.42. The van der Waals surface area contributed by atoms with Crippen LogP contribution in [0.2, 0.25) is 0 Å². The summed E-state index contributed by atoms with van der Waals surface area (Å²) in [4.78, 5) is 0. The van der Waals surface area contributed by atoms with Crippen LogP contribution in [0.3, 0.4) is 0 Å². The topological polar surface area (TPSA) is 26.0 Å². The van der Waals surface area contributed by atoms with Crippen LogP contribution in [0.25, 0.3) is 0 Å². The molecule has 0 aromatic rings.